The Kier molecular flexibility index (Phi) is 4.66. The fourth-order valence-corrected chi connectivity index (χ4v) is 15.4. The summed E-state index contributed by atoms with van der Waals surface area (Å²) in [5, 5.41) is 5.15. The molecule has 0 aliphatic carbocycles. The highest BCUT2D eigenvalue weighted by atomic mass is 28.3. The van der Waals surface area contributed by atoms with E-state index in [0.29, 0.717) is 0 Å². The topological polar surface area (TPSA) is 0 Å². The standard InChI is InChI=1S/C21H30Si2/c1-18(2)17-22(3)15-10-16-23(4,19-11-6-5-7-12-19)21-14-9-8-13-20(21)22/h5-9,11-14,18H,10,15-17H2,1-4H3/t22-,23+/m0/s1. The van der Waals surface area contributed by atoms with Crippen LogP contribution >= 0.6 is 0 Å². The number of hydrogen-bond acceptors (Lipinski definition) is 0. The lowest BCUT2D eigenvalue weighted by atomic mass is 10.3. The molecule has 0 aromatic heterocycles. The Hall–Kier alpha value is -1.13. The third-order valence-electron chi connectivity index (χ3n) is 5.85. The Morgan fingerprint density at radius 3 is 2.09 bits per heavy atom. The van der Waals surface area contributed by atoms with Crippen LogP contribution in [0.15, 0.2) is 54.6 Å². The van der Waals surface area contributed by atoms with Gasteiger partial charge in [0.1, 0.15) is 8.07 Å². The van der Waals surface area contributed by atoms with Crippen molar-refractivity contribution < 1.29 is 0 Å². The number of hydrogen-bond donors (Lipinski definition) is 0. The fraction of sp³-hybridized carbons (Fsp3) is 0.429. The van der Waals surface area contributed by atoms with E-state index in [1.807, 2.05) is 0 Å². The molecule has 0 saturated carbocycles. The normalized spacial score (nSPS) is 27.5. The van der Waals surface area contributed by atoms with Crippen LogP contribution < -0.4 is 15.6 Å². The maximum absolute atomic E-state index is 2.65. The van der Waals surface area contributed by atoms with Gasteiger partial charge in [0, 0.05) is 0 Å². The van der Waals surface area contributed by atoms with Gasteiger partial charge in [-0.25, -0.2) is 0 Å². The summed E-state index contributed by atoms with van der Waals surface area (Å²) in [4.78, 5) is 0. The molecule has 1 heterocycles. The van der Waals surface area contributed by atoms with Crippen molar-refractivity contribution in [1.82, 2.24) is 0 Å². The molecule has 0 spiro atoms. The predicted molar refractivity (Wildman–Crippen MR) is 109 cm³/mol. The summed E-state index contributed by atoms with van der Waals surface area (Å²) in [6, 6.07) is 25.2. The van der Waals surface area contributed by atoms with E-state index in [2.05, 4.69) is 81.5 Å². The van der Waals surface area contributed by atoms with E-state index in [-0.39, 0.29) is 0 Å². The molecule has 0 radical (unpaired) electrons. The average molecular weight is 339 g/mol. The Bertz CT molecular complexity index is 665. The van der Waals surface area contributed by atoms with Gasteiger partial charge < -0.3 is 0 Å². The van der Waals surface area contributed by atoms with Crippen molar-refractivity contribution in [2.75, 3.05) is 0 Å². The van der Waals surface area contributed by atoms with Crippen molar-refractivity contribution in [3.05, 3.63) is 54.6 Å². The largest absolute Gasteiger partial charge is 0.115 e. The number of benzene rings is 2. The third-order valence-corrected chi connectivity index (χ3v) is 15.6. The predicted octanol–water partition coefficient (Wildman–Crippen LogP) is 4.22. The molecule has 2 aromatic rings. The summed E-state index contributed by atoms with van der Waals surface area (Å²) in [6.45, 7) is 10.1. The summed E-state index contributed by atoms with van der Waals surface area (Å²) in [6.07, 6.45) is 1.42. The molecule has 23 heavy (non-hydrogen) atoms. The van der Waals surface area contributed by atoms with Crippen LogP contribution in [0.4, 0.5) is 0 Å². The van der Waals surface area contributed by atoms with Crippen LogP contribution in [0.5, 0.6) is 0 Å². The third kappa shape index (κ3) is 3.11. The summed E-state index contributed by atoms with van der Waals surface area (Å²) in [5.74, 6) is 0.808. The molecule has 0 saturated heterocycles. The minimum absolute atomic E-state index is 0.808. The summed E-state index contributed by atoms with van der Waals surface area (Å²) in [5.41, 5.74) is 0. The number of rotatable bonds is 3. The molecule has 0 nitrogen and oxygen atoms in total. The first-order chi connectivity index (χ1) is 11.0. The van der Waals surface area contributed by atoms with Crippen molar-refractivity contribution in [3.8, 4) is 0 Å². The zero-order valence-corrected chi connectivity index (χ0v) is 17.1. The highest BCUT2D eigenvalue weighted by Gasteiger charge is 2.42. The van der Waals surface area contributed by atoms with Crippen LogP contribution in [0, 0.1) is 5.92 Å². The van der Waals surface area contributed by atoms with Gasteiger partial charge in [0.05, 0.1) is 8.07 Å². The second-order valence-corrected chi connectivity index (χ2v) is 17.1. The molecule has 1 aliphatic heterocycles. The SMILES string of the molecule is CC(C)C[Si@]1(C)CCC[Si@](C)(c2ccccc2)c2ccccc21. The van der Waals surface area contributed by atoms with E-state index < -0.39 is 16.1 Å². The molecule has 3 rings (SSSR count). The maximum Gasteiger partial charge on any atom is 0.115 e. The van der Waals surface area contributed by atoms with Gasteiger partial charge in [-0.15, -0.1) is 0 Å². The molecule has 2 atom stereocenters. The molecule has 1 aliphatic rings. The van der Waals surface area contributed by atoms with E-state index in [0.717, 1.165) is 5.92 Å². The number of fused-ring (bicyclic) bond motifs is 1. The maximum atomic E-state index is 2.65. The lowest BCUT2D eigenvalue weighted by Gasteiger charge is -2.33. The van der Waals surface area contributed by atoms with Crippen LogP contribution in [0.1, 0.15) is 20.3 Å². The Labute approximate surface area is 144 Å². The van der Waals surface area contributed by atoms with Crippen molar-refractivity contribution in [3.63, 3.8) is 0 Å². The summed E-state index contributed by atoms with van der Waals surface area (Å²) in [7, 11) is -2.95. The highest BCUT2D eigenvalue weighted by Crippen LogP contribution is 2.29. The van der Waals surface area contributed by atoms with Gasteiger partial charge in [-0.05, 0) is 12.0 Å². The van der Waals surface area contributed by atoms with Gasteiger partial charge in [-0.3, -0.25) is 0 Å². The van der Waals surface area contributed by atoms with Gasteiger partial charge in [0.25, 0.3) is 0 Å². The summed E-state index contributed by atoms with van der Waals surface area (Å²) >= 11 is 0. The monoisotopic (exact) mass is 338 g/mol. The smallest absolute Gasteiger partial charge is 0.0652 e. The van der Waals surface area contributed by atoms with E-state index in [1.54, 1.807) is 15.6 Å². The average Bonchev–Trinajstić information content (AvgIpc) is 2.65. The minimum atomic E-state index is -1.59. The molecule has 0 unspecified atom stereocenters. The first kappa shape index (κ1) is 16.7. The Morgan fingerprint density at radius 1 is 0.826 bits per heavy atom. The molecular weight excluding hydrogens is 308 g/mol. The first-order valence-electron chi connectivity index (χ1n) is 9.11. The lowest BCUT2D eigenvalue weighted by molar-refractivity contribution is 0.718. The van der Waals surface area contributed by atoms with E-state index in [9.17, 15) is 0 Å². The molecule has 0 N–H and O–H groups in total. The van der Waals surface area contributed by atoms with Crippen molar-refractivity contribution in [1.29, 1.82) is 0 Å². The van der Waals surface area contributed by atoms with Crippen LogP contribution in [-0.4, -0.2) is 16.1 Å². The van der Waals surface area contributed by atoms with Gasteiger partial charge in [0.2, 0.25) is 0 Å². The van der Waals surface area contributed by atoms with Crippen LogP contribution in [0.25, 0.3) is 0 Å². The van der Waals surface area contributed by atoms with Gasteiger partial charge >= 0.3 is 0 Å². The van der Waals surface area contributed by atoms with Crippen molar-refractivity contribution in [2.24, 2.45) is 5.92 Å². The summed E-state index contributed by atoms with van der Waals surface area (Å²) < 4.78 is 0. The van der Waals surface area contributed by atoms with Crippen molar-refractivity contribution in [2.45, 2.75) is 51.5 Å². The molecule has 0 amide bonds. The molecule has 2 heteroatoms. The van der Waals surface area contributed by atoms with E-state index >= 15 is 0 Å². The highest BCUT2D eigenvalue weighted by molar-refractivity contribution is 7.07. The second kappa shape index (κ2) is 6.41. The molecule has 2 aromatic carbocycles. The zero-order valence-electron chi connectivity index (χ0n) is 15.1. The quantitative estimate of drug-likeness (QED) is 0.735. The van der Waals surface area contributed by atoms with E-state index in [4.69, 9.17) is 0 Å². The first-order valence-corrected chi connectivity index (χ1v) is 14.7. The minimum Gasteiger partial charge on any atom is -0.0652 e. The lowest BCUT2D eigenvalue weighted by Crippen LogP contribution is -2.63. The molecular formula is C21H30Si2. The van der Waals surface area contributed by atoms with Crippen LogP contribution in [-0.2, 0) is 0 Å². The van der Waals surface area contributed by atoms with Crippen molar-refractivity contribution >= 4 is 31.7 Å². The second-order valence-electron chi connectivity index (χ2n) is 8.26. The van der Waals surface area contributed by atoms with Crippen LogP contribution in [0.3, 0.4) is 0 Å². The molecule has 0 bridgehead atoms. The van der Waals surface area contributed by atoms with E-state index in [1.165, 1.54) is 24.6 Å². The fourth-order valence-electron chi connectivity index (χ4n) is 4.81. The zero-order chi connectivity index (χ0) is 16.5. The molecule has 0 fully saturated rings. The van der Waals surface area contributed by atoms with Gasteiger partial charge in [0.15, 0.2) is 0 Å². The Balaban J connectivity index is 2.16. The van der Waals surface area contributed by atoms with Gasteiger partial charge in [-0.1, -0.05) is 116 Å². The van der Waals surface area contributed by atoms with Crippen LogP contribution in [0.2, 0.25) is 31.2 Å². The van der Waals surface area contributed by atoms with Gasteiger partial charge in [-0.2, -0.15) is 0 Å². The Morgan fingerprint density at radius 2 is 1.43 bits per heavy atom. The molecule has 122 valence electrons.